The Morgan fingerprint density at radius 2 is 1.17 bits per heavy atom. The van der Waals surface area contributed by atoms with Gasteiger partial charge in [-0.3, -0.25) is 0 Å². The second-order valence-corrected chi connectivity index (χ2v) is 6.57. The van der Waals surface area contributed by atoms with Crippen LogP contribution in [0, 0.1) is 5.41 Å². The minimum absolute atomic E-state index is 0.0305. The van der Waals surface area contributed by atoms with E-state index in [1.165, 1.54) is 22.3 Å². The first-order valence-corrected chi connectivity index (χ1v) is 6.72. The third kappa shape index (κ3) is 1.33. The first kappa shape index (κ1) is 11.8. The number of hydrogen-bond donors (Lipinski definition) is 0. The molecule has 0 radical (unpaired) electrons. The lowest BCUT2D eigenvalue weighted by atomic mass is 9.74. The predicted octanol–water partition coefficient (Wildman–Crippen LogP) is 5.20. The van der Waals surface area contributed by atoms with Crippen LogP contribution in [0.15, 0.2) is 48.5 Å². The smallest absolute Gasteiger partial charge is 0.100 e. The van der Waals surface area contributed by atoms with Gasteiger partial charge in [0.2, 0.25) is 0 Å². The first-order valence-electron chi connectivity index (χ1n) is 6.34. The molecule has 0 nitrogen and oxygen atoms in total. The summed E-state index contributed by atoms with van der Waals surface area (Å²) in [7, 11) is 0. The average Bonchev–Trinajstić information content (AvgIpc) is 2.62. The molecule has 1 heteroatoms. The molecule has 3 rings (SSSR count). The van der Waals surface area contributed by atoms with Crippen molar-refractivity contribution in [1.29, 1.82) is 0 Å². The summed E-state index contributed by atoms with van der Waals surface area (Å²) >= 11 is 7.11. The molecule has 2 aromatic carbocycles. The molecule has 0 saturated carbocycles. The van der Waals surface area contributed by atoms with Crippen molar-refractivity contribution in [2.24, 2.45) is 5.41 Å². The van der Waals surface area contributed by atoms with Crippen LogP contribution in [0.4, 0.5) is 0 Å². The molecule has 0 amide bonds. The van der Waals surface area contributed by atoms with Gasteiger partial charge in [-0.1, -0.05) is 69.3 Å². The van der Waals surface area contributed by atoms with Crippen molar-refractivity contribution in [2.45, 2.75) is 25.6 Å². The Balaban J connectivity index is 2.41. The van der Waals surface area contributed by atoms with Gasteiger partial charge < -0.3 is 0 Å². The Bertz CT molecular complexity index is 560. The van der Waals surface area contributed by atoms with E-state index in [2.05, 4.69) is 69.3 Å². The van der Waals surface area contributed by atoms with Crippen LogP contribution in [-0.4, -0.2) is 0 Å². The number of alkyl halides is 1. The summed E-state index contributed by atoms with van der Waals surface area (Å²) in [6, 6.07) is 17.0. The molecular weight excluding hydrogens is 240 g/mol. The summed E-state index contributed by atoms with van der Waals surface area (Å²) in [5.41, 5.74) is 4.99. The van der Waals surface area contributed by atoms with Crippen molar-refractivity contribution in [3.8, 4) is 11.1 Å². The quantitative estimate of drug-likeness (QED) is 0.569. The molecule has 0 spiro atoms. The van der Waals surface area contributed by atoms with E-state index in [1.54, 1.807) is 0 Å². The van der Waals surface area contributed by atoms with E-state index in [4.69, 9.17) is 11.6 Å². The normalized spacial score (nSPS) is 16.2. The van der Waals surface area contributed by atoms with E-state index in [0.717, 1.165) is 0 Å². The maximum absolute atomic E-state index is 7.11. The minimum Gasteiger partial charge on any atom is -0.108 e. The lowest BCUT2D eigenvalue weighted by Gasteiger charge is -2.38. The molecule has 1 aliphatic rings. The Labute approximate surface area is 114 Å². The maximum atomic E-state index is 7.11. The Hall–Kier alpha value is -1.27. The molecule has 2 aromatic rings. The van der Waals surface area contributed by atoms with E-state index in [0.29, 0.717) is 0 Å². The van der Waals surface area contributed by atoms with Gasteiger partial charge in [0.1, 0.15) is 4.87 Å². The van der Waals surface area contributed by atoms with Crippen LogP contribution in [-0.2, 0) is 4.87 Å². The zero-order valence-electron chi connectivity index (χ0n) is 11.0. The second kappa shape index (κ2) is 3.61. The van der Waals surface area contributed by atoms with Crippen LogP contribution >= 0.6 is 11.6 Å². The van der Waals surface area contributed by atoms with Gasteiger partial charge in [0, 0.05) is 0 Å². The molecule has 0 aliphatic heterocycles. The van der Waals surface area contributed by atoms with Crippen molar-refractivity contribution in [2.75, 3.05) is 0 Å². The molecule has 0 atom stereocenters. The molecule has 0 heterocycles. The van der Waals surface area contributed by atoms with Gasteiger partial charge in [-0.25, -0.2) is 0 Å². The van der Waals surface area contributed by atoms with E-state index in [-0.39, 0.29) is 5.41 Å². The van der Waals surface area contributed by atoms with Crippen molar-refractivity contribution >= 4 is 11.6 Å². The summed E-state index contributed by atoms with van der Waals surface area (Å²) in [6.07, 6.45) is 0. The highest BCUT2D eigenvalue weighted by atomic mass is 35.5. The molecule has 92 valence electrons. The monoisotopic (exact) mass is 256 g/mol. The average molecular weight is 257 g/mol. The van der Waals surface area contributed by atoms with E-state index < -0.39 is 4.87 Å². The minimum atomic E-state index is -0.430. The molecule has 0 bridgehead atoms. The molecular formula is C17H17Cl. The van der Waals surface area contributed by atoms with Gasteiger partial charge in [-0.15, -0.1) is 11.6 Å². The van der Waals surface area contributed by atoms with E-state index >= 15 is 0 Å². The summed E-state index contributed by atoms with van der Waals surface area (Å²) in [5.74, 6) is 0. The summed E-state index contributed by atoms with van der Waals surface area (Å²) in [4.78, 5) is -0.430. The fraction of sp³-hybridized carbons (Fsp3) is 0.294. The van der Waals surface area contributed by atoms with Crippen LogP contribution in [0.2, 0.25) is 0 Å². The molecule has 0 fully saturated rings. The SMILES string of the molecule is CC(C)(C)C1(Cl)c2ccccc2-c2ccccc21. The molecule has 0 saturated heterocycles. The third-order valence-corrected chi connectivity index (χ3v) is 4.89. The summed E-state index contributed by atoms with van der Waals surface area (Å²) in [5, 5.41) is 0. The summed E-state index contributed by atoms with van der Waals surface area (Å²) < 4.78 is 0. The fourth-order valence-electron chi connectivity index (χ4n) is 2.99. The predicted molar refractivity (Wildman–Crippen MR) is 78.0 cm³/mol. The first-order chi connectivity index (χ1) is 8.46. The Morgan fingerprint density at radius 1 is 0.778 bits per heavy atom. The lowest BCUT2D eigenvalue weighted by Crippen LogP contribution is -2.33. The molecule has 1 aliphatic carbocycles. The van der Waals surface area contributed by atoms with Gasteiger partial charge >= 0.3 is 0 Å². The van der Waals surface area contributed by atoms with Gasteiger partial charge in [-0.2, -0.15) is 0 Å². The van der Waals surface area contributed by atoms with Gasteiger partial charge in [0.25, 0.3) is 0 Å². The van der Waals surface area contributed by atoms with Crippen LogP contribution in [0.25, 0.3) is 11.1 Å². The van der Waals surface area contributed by atoms with Crippen LogP contribution < -0.4 is 0 Å². The lowest BCUT2D eigenvalue weighted by molar-refractivity contribution is 0.323. The number of hydrogen-bond acceptors (Lipinski definition) is 0. The number of rotatable bonds is 0. The van der Waals surface area contributed by atoms with E-state index in [1.807, 2.05) is 0 Å². The summed E-state index contributed by atoms with van der Waals surface area (Å²) in [6.45, 7) is 6.62. The Morgan fingerprint density at radius 3 is 1.56 bits per heavy atom. The van der Waals surface area contributed by atoms with Crippen molar-refractivity contribution < 1.29 is 0 Å². The topological polar surface area (TPSA) is 0 Å². The standard InChI is InChI=1S/C17H17Cl/c1-16(2,3)17(18)14-10-6-4-8-12(14)13-9-5-7-11-15(13)17/h4-11H,1-3H3. The fourth-order valence-corrected chi connectivity index (χ4v) is 3.32. The van der Waals surface area contributed by atoms with Crippen LogP contribution in [0.3, 0.4) is 0 Å². The number of fused-ring (bicyclic) bond motifs is 3. The number of benzene rings is 2. The maximum Gasteiger partial charge on any atom is 0.100 e. The zero-order chi connectivity index (χ0) is 13.0. The zero-order valence-corrected chi connectivity index (χ0v) is 11.8. The van der Waals surface area contributed by atoms with Crippen molar-refractivity contribution in [1.82, 2.24) is 0 Å². The molecule has 0 aromatic heterocycles. The third-order valence-electron chi connectivity index (χ3n) is 3.92. The van der Waals surface area contributed by atoms with Gasteiger partial charge in [-0.05, 0) is 27.7 Å². The van der Waals surface area contributed by atoms with E-state index in [9.17, 15) is 0 Å². The highest BCUT2D eigenvalue weighted by Gasteiger charge is 2.49. The highest BCUT2D eigenvalue weighted by molar-refractivity contribution is 6.28. The molecule has 0 N–H and O–H groups in total. The van der Waals surface area contributed by atoms with Crippen LogP contribution in [0.5, 0.6) is 0 Å². The van der Waals surface area contributed by atoms with Gasteiger partial charge in [0.15, 0.2) is 0 Å². The second-order valence-electron chi connectivity index (χ2n) is 6.00. The highest BCUT2D eigenvalue weighted by Crippen LogP contribution is 2.59. The van der Waals surface area contributed by atoms with Crippen molar-refractivity contribution in [3.63, 3.8) is 0 Å². The van der Waals surface area contributed by atoms with Crippen LogP contribution in [0.1, 0.15) is 31.9 Å². The van der Waals surface area contributed by atoms with Crippen molar-refractivity contribution in [3.05, 3.63) is 59.7 Å². The Kier molecular flexibility index (Phi) is 2.37. The van der Waals surface area contributed by atoms with Gasteiger partial charge in [0.05, 0.1) is 0 Å². The molecule has 0 unspecified atom stereocenters. The molecule has 18 heavy (non-hydrogen) atoms. The largest absolute Gasteiger partial charge is 0.108 e. The number of halogens is 1.